The molecule has 0 aliphatic carbocycles. The summed E-state index contributed by atoms with van der Waals surface area (Å²) in [5.74, 6) is 1.57. The van der Waals surface area contributed by atoms with Crippen LogP contribution in [0.2, 0.25) is 0 Å². The molecule has 5 heterocycles. The Balaban J connectivity index is 1.37. The maximum atomic E-state index is 12.8. The van der Waals surface area contributed by atoms with Gasteiger partial charge in [0.2, 0.25) is 0 Å². The third-order valence-corrected chi connectivity index (χ3v) is 13.1. The first kappa shape index (κ1) is 37.3. The van der Waals surface area contributed by atoms with Gasteiger partial charge in [-0.05, 0) is 110 Å². The Labute approximate surface area is 406 Å². The first-order valence-electron chi connectivity index (χ1n) is 26.2. The second-order valence-corrected chi connectivity index (χ2v) is 22.1. The van der Waals surface area contributed by atoms with Crippen LogP contribution in [0.25, 0.3) is 56.6 Å². The minimum Gasteiger partial charge on any atom is -0.507 e. The monoisotopic (exact) mass is 887 g/mol. The minimum absolute atomic E-state index is 0.0176. The summed E-state index contributed by atoms with van der Waals surface area (Å²) in [5.41, 5.74) is 9.07. The van der Waals surface area contributed by atoms with Gasteiger partial charge in [-0.1, -0.05) is 168 Å². The highest BCUT2D eigenvalue weighted by atomic mass is 16.5. The minimum atomic E-state index is -0.675. The molecule has 0 fully saturated rings. The number of phenols is 1. The summed E-state index contributed by atoms with van der Waals surface area (Å²) >= 11 is 0. The lowest BCUT2D eigenvalue weighted by molar-refractivity contribution is 0.316. The summed E-state index contributed by atoms with van der Waals surface area (Å²) in [5, 5.41) is 12.8. The summed E-state index contributed by atoms with van der Waals surface area (Å²) in [4.78, 5) is 12.7. The fraction of sp³-hybridized carbons (Fsp3) is 0.267. The predicted molar refractivity (Wildman–Crippen MR) is 279 cm³/mol. The Morgan fingerprint density at radius 3 is 2.04 bits per heavy atom. The molecule has 7 heteroatoms. The van der Waals surface area contributed by atoms with Gasteiger partial charge in [-0.2, -0.15) is 0 Å². The molecule has 7 aromatic rings. The van der Waals surface area contributed by atoms with Crippen LogP contribution in [0.4, 0.5) is 0 Å². The number of ether oxygens (including phenoxy) is 1. The van der Waals surface area contributed by atoms with E-state index in [9.17, 15) is 9.22 Å². The number of pyridine rings is 1. The van der Waals surface area contributed by atoms with Crippen LogP contribution in [0, 0.1) is 0 Å². The van der Waals surface area contributed by atoms with Gasteiger partial charge in [0, 0.05) is 34.1 Å². The van der Waals surface area contributed by atoms with Crippen molar-refractivity contribution in [3.8, 4) is 62.1 Å². The van der Waals surface area contributed by atoms with Gasteiger partial charge >= 0.3 is 6.85 Å². The molecule has 0 saturated heterocycles. The molecule has 5 aromatic carbocycles. The van der Waals surface area contributed by atoms with Crippen LogP contribution in [-0.4, -0.2) is 31.3 Å². The molecule has 2 aromatic heterocycles. The SMILES string of the molecule is [2H]C1=C2C=CC=C3Oc4c(cc(-c5cc(-c6ccccc6)ccn5)cc4C(C)(C)C)B(c4nc(-c5cc(C(C)(C)C)cc(C(C)(C)C)c5O)n(-c5ccc(C(C)(C)C)cc5-c5c([2H])c([2H])c([2H])c([2H])c5[2H])c41)N32. The lowest BCUT2D eigenvalue weighted by Gasteiger charge is -2.43. The number of rotatable bonds is 5. The fourth-order valence-electron chi connectivity index (χ4n) is 9.41. The third kappa shape index (κ3) is 7.72. The van der Waals surface area contributed by atoms with Gasteiger partial charge in [0.15, 0.2) is 5.88 Å². The van der Waals surface area contributed by atoms with Crippen LogP contribution < -0.4 is 15.8 Å². The Kier molecular flexibility index (Phi) is 8.69. The molecule has 0 radical (unpaired) electrons. The van der Waals surface area contributed by atoms with Crippen LogP contribution in [0.15, 0.2) is 151 Å². The number of benzene rings is 5. The van der Waals surface area contributed by atoms with Gasteiger partial charge in [-0.3, -0.25) is 9.55 Å². The van der Waals surface area contributed by atoms with E-state index >= 15 is 0 Å². The summed E-state index contributed by atoms with van der Waals surface area (Å²) < 4.78 is 64.4. The molecular formula is C60H61BN4O2. The van der Waals surface area contributed by atoms with E-state index in [4.69, 9.17) is 18.8 Å². The largest absolute Gasteiger partial charge is 0.507 e. The van der Waals surface area contributed by atoms with E-state index in [1.165, 1.54) is 0 Å². The number of fused-ring (bicyclic) bond motifs is 4. The molecule has 336 valence electrons. The maximum Gasteiger partial charge on any atom is 0.357 e. The Hall–Kier alpha value is -6.86. The van der Waals surface area contributed by atoms with Crippen molar-refractivity contribution in [1.82, 2.24) is 19.3 Å². The fourth-order valence-corrected chi connectivity index (χ4v) is 9.41. The molecule has 67 heavy (non-hydrogen) atoms. The quantitative estimate of drug-likeness (QED) is 0.175. The summed E-state index contributed by atoms with van der Waals surface area (Å²) in [6, 6.07) is 26.5. The van der Waals surface area contributed by atoms with Gasteiger partial charge in [-0.25, -0.2) is 4.98 Å². The van der Waals surface area contributed by atoms with Gasteiger partial charge in [0.1, 0.15) is 17.3 Å². The maximum absolute atomic E-state index is 12.8. The highest BCUT2D eigenvalue weighted by molar-refractivity contribution is 6.85. The first-order valence-corrected chi connectivity index (χ1v) is 23.2. The summed E-state index contributed by atoms with van der Waals surface area (Å²) in [6.07, 6.45) is 7.54. The average molecular weight is 887 g/mol. The van der Waals surface area contributed by atoms with Gasteiger partial charge < -0.3 is 14.7 Å². The number of aromatic hydroxyl groups is 1. The molecule has 3 aliphatic rings. The van der Waals surface area contributed by atoms with Crippen molar-refractivity contribution >= 4 is 24.0 Å². The van der Waals surface area contributed by atoms with Crippen LogP contribution in [0.1, 0.15) is 119 Å². The Morgan fingerprint density at radius 2 is 1.36 bits per heavy atom. The molecule has 0 unspecified atom stereocenters. The van der Waals surface area contributed by atoms with Crippen molar-refractivity contribution in [2.75, 3.05) is 0 Å². The molecule has 1 N–H and O–H groups in total. The standard InChI is InChI=1S/C60H61BN4O2/c1-57(2,3)41-26-27-50(44(33-41)38-22-17-14-18-23-38)64-51-36-43-24-19-25-52-65(43)61(55(51)63-56(64)45-34-42(58(4,5)6)35-46(53(45)66)59(7,8)9)48-31-40(30-47(54(48)67-52)60(10,11)12)49-32-39(28-29-62-49)37-20-15-13-16-21-37/h13-36,66H,1-12H3/i14D,17D,18D,22D,23D,36D. The third-order valence-electron chi connectivity index (χ3n) is 13.1. The van der Waals surface area contributed by atoms with Crippen LogP contribution >= 0.6 is 0 Å². The lowest BCUT2D eigenvalue weighted by Crippen LogP contribution is -2.62. The highest BCUT2D eigenvalue weighted by Crippen LogP contribution is 2.46. The molecule has 0 atom stereocenters. The van der Waals surface area contributed by atoms with E-state index in [2.05, 4.69) is 119 Å². The zero-order chi connectivity index (χ0) is 52.6. The molecule has 0 amide bonds. The number of nitrogens with zero attached hydrogens (tertiary/aromatic N) is 4. The Morgan fingerprint density at radius 1 is 0.657 bits per heavy atom. The zero-order valence-corrected chi connectivity index (χ0v) is 40.6. The average Bonchev–Trinajstić information content (AvgIpc) is 3.73. The molecule has 3 aliphatic heterocycles. The van der Waals surface area contributed by atoms with Crippen molar-refractivity contribution in [3.63, 3.8) is 0 Å². The van der Waals surface area contributed by atoms with E-state index in [0.29, 0.717) is 56.8 Å². The van der Waals surface area contributed by atoms with E-state index in [0.717, 1.165) is 44.5 Å². The summed E-state index contributed by atoms with van der Waals surface area (Å²) in [7, 11) is 0. The lowest BCUT2D eigenvalue weighted by atomic mass is 9.47. The van der Waals surface area contributed by atoms with E-state index < -0.39 is 41.2 Å². The molecule has 0 bridgehead atoms. The smallest absolute Gasteiger partial charge is 0.357 e. The van der Waals surface area contributed by atoms with Gasteiger partial charge in [-0.15, -0.1) is 0 Å². The topological polar surface area (TPSA) is 63.4 Å². The van der Waals surface area contributed by atoms with Crippen LogP contribution in [0.5, 0.6) is 11.5 Å². The second kappa shape index (κ2) is 15.6. The van der Waals surface area contributed by atoms with Crippen molar-refractivity contribution < 1.29 is 18.1 Å². The van der Waals surface area contributed by atoms with Crippen LogP contribution in [0.3, 0.4) is 0 Å². The van der Waals surface area contributed by atoms with E-state index in [1.54, 1.807) is 0 Å². The first-order chi connectivity index (χ1) is 34.2. The number of hydrogen-bond acceptors (Lipinski definition) is 5. The number of allylic oxidation sites excluding steroid dienone is 3. The van der Waals surface area contributed by atoms with Gasteiger partial charge in [0.25, 0.3) is 0 Å². The molecular weight excluding hydrogens is 819 g/mol. The van der Waals surface area contributed by atoms with E-state index in [1.807, 2.05) is 82.3 Å². The second-order valence-electron chi connectivity index (χ2n) is 22.1. The number of aromatic nitrogens is 3. The number of phenolic OH excluding ortho intramolecular Hbond substituents is 1. The molecule has 0 saturated carbocycles. The summed E-state index contributed by atoms with van der Waals surface area (Å²) in [6.45, 7) is 24.6. The van der Waals surface area contributed by atoms with Crippen molar-refractivity contribution in [2.24, 2.45) is 0 Å². The predicted octanol–water partition coefficient (Wildman–Crippen LogP) is 13.4. The van der Waals surface area contributed by atoms with Crippen molar-refractivity contribution in [1.29, 1.82) is 0 Å². The number of imidazole rings is 1. The van der Waals surface area contributed by atoms with Crippen molar-refractivity contribution in [2.45, 2.75) is 105 Å². The molecule has 10 rings (SSSR count). The van der Waals surface area contributed by atoms with E-state index in [-0.39, 0.29) is 34.9 Å². The van der Waals surface area contributed by atoms with Crippen molar-refractivity contribution in [3.05, 3.63) is 179 Å². The normalized spacial score (nSPS) is 15.9. The molecule has 0 spiro atoms. The highest BCUT2D eigenvalue weighted by Gasteiger charge is 2.48. The number of hydrogen-bond donors (Lipinski definition) is 1. The molecule has 6 nitrogen and oxygen atoms in total. The van der Waals surface area contributed by atoms with Crippen LogP contribution in [-0.2, 0) is 21.7 Å². The van der Waals surface area contributed by atoms with Gasteiger partial charge in [0.05, 0.1) is 36.5 Å². The Bertz CT molecular complexity index is 3540. The zero-order valence-electron chi connectivity index (χ0n) is 46.6.